The fourth-order valence-corrected chi connectivity index (χ4v) is 2.58. The van der Waals surface area contributed by atoms with E-state index in [1.54, 1.807) is 31.3 Å². The molecule has 0 bridgehead atoms. The van der Waals surface area contributed by atoms with E-state index in [0.29, 0.717) is 10.7 Å². The fraction of sp³-hybridized carbons (Fsp3) is 0.467. The standard InChI is InChI=1S/C15H20ClN3O2.ClH/c1-19(15(21)13-7-2-3-8-17-13)10-14(20)18-12-6-4-5-11(16)9-12;/h4-6,9,13,17H,2-3,7-8,10H2,1H3,(H,18,20);1H. The van der Waals surface area contributed by atoms with Crippen LogP contribution >= 0.6 is 24.0 Å². The number of piperidine rings is 1. The van der Waals surface area contributed by atoms with Gasteiger partial charge in [0.2, 0.25) is 11.8 Å². The molecule has 1 heterocycles. The molecular formula is C15H21Cl2N3O2. The van der Waals surface area contributed by atoms with Gasteiger partial charge >= 0.3 is 0 Å². The van der Waals surface area contributed by atoms with Crippen molar-refractivity contribution in [2.24, 2.45) is 0 Å². The summed E-state index contributed by atoms with van der Waals surface area (Å²) < 4.78 is 0. The van der Waals surface area contributed by atoms with E-state index in [1.165, 1.54) is 4.90 Å². The van der Waals surface area contributed by atoms with Crippen LogP contribution < -0.4 is 10.6 Å². The lowest BCUT2D eigenvalue weighted by Crippen LogP contribution is -2.48. The topological polar surface area (TPSA) is 61.4 Å². The Kier molecular flexibility index (Phi) is 7.65. The molecule has 7 heteroatoms. The number of hydrogen-bond acceptors (Lipinski definition) is 3. The average molecular weight is 346 g/mol. The van der Waals surface area contributed by atoms with Crippen molar-refractivity contribution in [1.82, 2.24) is 10.2 Å². The first kappa shape index (κ1) is 18.7. The van der Waals surface area contributed by atoms with Crippen LogP contribution in [-0.4, -0.2) is 42.9 Å². The maximum Gasteiger partial charge on any atom is 0.243 e. The number of benzene rings is 1. The Labute approximate surface area is 141 Å². The minimum absolute atomic E-state index is 0. The van der Waals surface area contributed by atoms with Gasteiger partial charge in [0.1, 0.15) is 0 Å². The summed E-state index contributed by atoms with van der Waals surface area (Å²) in [6.45, 7) is 0.891. The molecule has 1 aromatic carbocycles. The molecule has 0 radical (unpaired) electrons. The van der Waals surface area contributed by atoms with Crippen LogP contribution in [0.3, 0.4) is 0 Å². The summed E-state index contributed by atoms with van der Waals surface area (Å²) in [7, 11) is 1.65. The van der Waals surface area contributed by atoms with Gasteiger partial charge in [-0.2, -0.15) is 0 Å². The molecule has 2 amide bonds. The van der Waals surface area contributed by atoms with E-state index in [-0.39, 0.29) is 36.8 Å². The van der Waals surface area contributed by atoms with E-state index < -0.39 is 0 Å². The lowest BCUT2D eigenvalue weighted by Gasteiger charge is -2.27. The van der Waals surface area contributed by atoms with Crippen LogP contribution in [-0.2, 0) is 9.59 Å². The molecule has 1 aliphatic heterocycles. The Bertz CT molecular complexity index is 519. The largest absolute Gasteiger partial charge is 0.335 e. The lowest BCUT2D eigenvalue weighted by molar-refractivity contribution is -0.135. The van der Waals surface area contributed by atoms with Crippen molar-refractivity contribution in [3.05, 3.63) is 29.3 Å². The highest BCUT2D eigenvalue weighted by Crippen LogP contribution is 2.15. The van der Waals surface area contributed by atoms with Gasteiger partial charge in [-0.05, 0) is 37.6 Å². The fourth-order valence-electron chi connectivity index (χ4n) is 2.39. The maximum absolute atomic E-state index is 12.2. The molecule has 1 aliphatic rings. The van der Waals surface area contributed by atoms with Crippen molar-refractivity contribution in [1.29, 1.82) is 0 Å². The van der Waals surface area contributed by atoms with Gasteiger partial charge in [-0.3, -0.25) is 9.59 Å². The molecule has 1 aromatic rings. The maximum atomic E-state index is 12.2. The summed E-state index contributed by atoms with van der Waals surface area (Å²) in [5, 5.41) is 6.48. The number of likely N-dealkylation sites (N-methyl/N-ethyl adjacent to an activating group) is 1. The van der Waals surface area contributed by atoms with Gasteiger partial charge in [0.25, 0.3) is 0 Å². The molecular weight excluding hydrogens is 325 g/mol. The minimum Gasteiger partial charge on any atom is -0.335 e. The van der Waals surface area contributed by atoms with Gasteiger partial charge in [0, 0.05) is 17.8 Å². The highest BCUT2D eigenvalue weighted by atomic mass is 35.5. The van der Waals surface area contributed by atoms with Crippen LogP contribution in [0.5, 0.6) is 0 Å². The minimum atomic E-state index is -0.232. The Morgan fingerprint density at radius 2 is 2.18 bits per heavy atom. The molecule has 0 spiro atoms. The first-order chi connectivity index (χ1) is 10.1. The number of rotatable bonds is 4. The van der Waals surface area contributed by atoms with Crippen molar-refractivity contribution in [3.8, 4) is 0 Å². The van der Waals surface area contributed by atoms with Crippen LogP contribution in [0.2, 0.25) is 5.02 Å². The van der Waals surface area contributed by atoms with Crippen molar-refractivity contribution >= 4 is 41.5 Å². The van der Waals surface area contributed by atoms with Crippen molar-refractivity contribution < 1.29 is 9.59 Å². The first-order valence-corrected chi connectivity index (χ1v) is 7.48. The molecule has 22 heavy (non-hydrogen) atoms. The number of amides is 2. The molecule has 122 valence electrons. The molecule has 2 rings (SSSR count). The normalized spacial score (nSPS) is 17.3. The summed E-state index contributed by atoms with van der Waals surface area (Å²) in [6.07, 6.45) is 2.98. The highest BCUT2D eigenvalue weighted by molar-refractivity contribution is 6.30. The van der Waals surface area contributed by atoms with Crippen LogP contribution in [0.1, 0.15) is 19.3 Å². The molecule has 0 saturated carbocycles. The molecule has 1 atom stereocenters. The molecule has 2 N–H and O–H groups in total. The van der Waals surface area contributed by atoms with E-state index in [1.807, 2.05) is 0 Å². The van der Waals surface area contributed by atoms with E-state index in [0.717, 1.165) is 25.8 Å². The number of anilines is 1. The van der Waals surface area contributed by atoms with Gasteiger partial charge in [-0.1, -0.05) is 24.1 Å². The predicted octanol–water partition coefficient (Wildman–Crippen LogP) is 2.30. The zero-order chi connectivity index (χ0) is 15.2. The first-order valence-electron chi connectivity index (χ1n) is 7.10. The second-order valence-corrected chi connectivity index (χ2v) is 5.69. The van der Waals surface area contributed by atoms with Crippen LogP contribution in [0, 0.1) is 0 Å². The number of nitrogens with one attached hydrogen (secondary N) is 2. The van der Waals surface area contributed by atoms with Gasteiger partial charge in [-0.15, -0.1) is 12.4 Å². The van der Waals surface area contributed by atoms with Crippen molar-refractivity contribution in [3.63, 3.8) is 0 Å². The Hall–Kier alpha value is -1.30. The number of nitrogens with zero attached hydrogens (tertiary/aromatic N) is 1. The predicted molar refractivity (Wildman–Crippen MR) is 90.6 cm³/mol. The second kappa shape index (κ2) is 8.98. The third kappa shape index (κ3) is 5.48. The molecule has 5 nitrogen and oxygen atoms in total. The third-order valence-electron chi connectivity index (χ3n) is 3.47. The zero-order valence-electron chi connectivity index (χ0n) is 12.5. The van der Waals surface area contributed by atoms with Crippen LogP contribution in [0.25, 0.3) is 0 Å². The van der Waals surface area contributed by atoms with E-state index in [9.17, 15) is 9.59 Å². The highest BCUT2D eigenvalue weighted by Gasteiger charge is 2.24. The van der Waals surface area contributed by atoms with Gasteiger partial charge in [0.05, 0.1) is 12.6 Å². The SMILES string of the molecule is CN(CC(=O)Nc1cccc(Cl)c1)C(=O)C1CCCCN1.Cl. The zero-order valence-corrected chi connectivity index (χ0v) is 14.0. The van der Waals surface area contributed by atoms with Gasteiger partial charge in [-0.25, -0.2) is 0 Å². The summed E-state index contributed by atoms with van der Waals surface area (Å²) in [6, 6.07) is 6.77. The van der Waals surface area contributed by atoms with Crippen molar-refractivity contribution in [2.45, 2.75) is 25.3 Å². The lowest BCUT2D eigenvalue weighted by atomic mass is 10.0. The quantitative estimate of drug-likeness (QED) is 0.880. The Morgan fingerprint density at radius 3 is 2.82 bits per heavy atom. The van der Waals surface area contributed by atoms with Gasteiger partial charge in [0.15, 0.2) is 0 Å². The monoisotopic (exact) mass is 345 g/mol. The number of carbonyl (C=O) groups is 2. The Balaban J connectivity index is 0.00000242. The average Bonchev–Trinajstić information content (AvgIpc) is 2.47. The third-order valence-corrected chi connectivity index (χ3v) is 3.71. The smallest absolute Gasteiger partial charge is 0.243 e. The number of halogens is 2. The van der Waals surface area contributed by atoms with Crippen LogP contribution in [0.4, 0.5) is 5.69 Å². The van der Waals surface area contributed by atoms with Gasteiger partial charge < -0.3 is 15.5 Å². The summed E-state index contributed by atoms with van der Waals surface area (Å²) in [5.41, 5.74) is 0.629. The van der Waals surface area contributed by atoms with E-state index >= 15 is 0 Å². The number of hydrogen-bond donors (Lipinski definition) is 2. The van der Waals surface area contributed by atoms with E-state index in [2.05, 4.69) is 10.6 Å². The molecule has 1 fully saturated rings. The summed E-state index contributed by atoms with van der Waals surface area (Å²) >= 11 is 5.86. The number of carbonyl (C=O) groups excluding carboxylic acids is 2. The van der Waals surface area contributed by atoms with E-state index in [4.69, 9.17) is 11.6 Å². The van der Waals surface area contributed by atoms with Crippen molar-refractivity contribution in [2.75, 3.05) is 25.5 Å². The molecule has 1 saturated heterocycles. The summed E-state index contributed by atoms with van der Waals surface area (Å²) in [4.78, 5) is 25.6. The van der Waals surface area contributed by atoms with Crippen LogP contribution in [0.15, 0.2) is 24.3 Å². The molecule has 0 aromatic heterocycles. The molecule has 0 aliphatic carbocycles. The summed E-state index contributed by atoms with van der Waals surface area (Å²) in [5.74, 6) is -0.264. The second-order valence-electron chi connectivity index (χ2n) is 5.26. The molecule has 1 unspecified atom stereocenters. The Morgan fingerprint density at radius 1 is 1.41 bits per heavy atom.